The molecule has 2 aliphatic heterocycles. The van der Waals surface area contributed by atoms with Crippen molar-refractivity contribution in [1.82, 2.24) is 15.1 Å². The normalized spacial score (nSPS) is 16.2. The van der Waals surface area contributed by atoms with E-state index in [1.165, 1.54) is 12.0 Å². The number of benzene rings is 2. The van der Waals surface area contributed by atoms with Crippen LogP contribution in [0.5, 0.6) is 5.75 Å². The monoisotopic (exact) mass is 526 g/mol. The molecule has 2 heterocycles. The number of nitrogens with one attached hydrogen (secondary N) is 1. The summed E-state index contributed by atoms with van der Waals surface area (Å²) in [4.78, 5) is 41.4. The predicted octanol–water partition coefficient (Wildman–Crippen LogP) is 4.23. The highest BCUT2D eigenvalue weighted by Crippen LogP contribution is 2.29. The number of fused-ring (bicyclic) bond motifs is 1. The number of likely N-dealkylation sites (tertiary alicyclic amines) is 1. The third-order valence-electron chi connectivity index (χ3n) is 7.31. The van der Waals surface area contributed by atoms with Crippen molar-refractivity contribution < 1.29 is 19.1 Å². The van der Waals surface area contributed by atoms with Crippen molar-refractivity contribution in [2.45, 2.75) is 38.5 Å². The Bertz CT molecular complexity index is 1110. The number of nitrogens with zero attached hydrogens (tertiary/aromatic N) is 2. The first-order chi connectivity index (χ1) is 17.9. The van der Waals surface area contributed by atoms with Crippen LogP contribution in [0.1, 0.15) is 69.6 Å². The average molecular weight is 527 g/mol. The van der Waals surface area contributed by atoms with Crippen LogP contribution in [0.25, 0.3) is 0 Å². The predicted molar refractivity (Wildman–Crippen MR) is 144 cm³/mol. The molecule has 3 N–H and O–H groups in total. The van der Waals surface area contributed by atoms with Gasteiger partial charge in [0.2, 0.25) is 0 Å². The molecule has 9 heteroatoms. The largest absolute Gasteiger partial charge is 0.496 e. The number of methoxy groups -OCH3 is 1. The number of carbonyl (C=O) groups is 3. The molecule has 8 nitrogen and oxygen atoms in total. The molecule has 198 valence electrons. The Hall–Kier alpha value is -3.10. The number of unbranched alkanes of at least 4 members (excludes halogenated alkanes) is 3. The third kappa shape index (κ3) is 6.43. The maximum atomic E-state index is 12.7. The van der Waals surface area contributed by atoms with Gasteiger partial charge in [0.05, 0.1) is 34.5 Å². The maximum Gasteiger partial charge on any atom is 0.261 e. The number of amides is 3. The zero-order valence-electron chi connectivity index (χ0n) is 21.3. The molecule has 0 aromatic heterocycles. The molecule has 0 atom stereocenters. The number of nitrogens with two attached hydrogens (primary N) is 1. The molecular formula is C28H35ClN4O4. The van der Waals surface area contributed by atoms with Gasteiger partial charge in [-0.2, -0.15) is 0 Å². The van der Waals surface area contributed by atoms with Crippen LogP contribution in [0.15, 0.2) is 36.4 Å². The van der Waals surface area contributed by atoms with E-state index in [-0.39, 0.29) is 17.7 Å². The van der Waals surface area contributed by atoms with Gasteiger partial charge in [0.25, 0.3) is 17.7 Å². The second-order valence-corrected chi connectivity index (χ2v) is 10.2. The van der Waals surface area contributed by atoms with Gasteiger partial charge in [0.15, 0.2) is 0 Å². The first-order valence-corrected chi connectivity index (χ1v) is 13.4. The second-order valence-electron chi connectivity index (χ2n) is 9.79. The highest BCUT2D eigenvalue weighted by molar-refractivity contribution is 6.33. The molecule has 0 aliphatic carbocycles. The summed E-state index contributed by atoms with van der Waals surface area (Å²) >= 11 is 6.08. The Balaban J connectivity index is 1.09. The first-order valence-electron chi connectivity index (χ1n) is 13.0. The maximum absolute atomic E-state index is 12.7. The number of nitrogen functional groups attached to an aromatic ring is 1. The molecule has 2 aliphatic rings. The van der Waals surface area contributed by atoms with E-state index in [2.05, 4.69) is 10.2 Å². The molecule has 1 saturated heterocycles. The quantitative estimate of drug-likeness (QED) is 0.258. The van der Waals surface area contributed by atoms with E-state index in [4.69, 9.17) is 22.1 Å². The molecule has 3 amide bonds. The SMILES string of the molecule is COc1cc(N)c(Cl)cc1C(=O)NCC1CCN(CCCCCCN2C(=O)c3ccccc3C2=O)CC1. The Morgan fingerprint density at radius 1 is 1.03 bits per heavy atom. The molecular weight excluding hydrogens is 492 g/mol. The Labute approximate surface area is 223 Å². The van der Waals surface area contributed by atoms with Crippen LogP contribution in [-0.4, -0.2) is 67.4 Å². The minimum absolute atomic E-state index is 0.170. The van der Waals surface area contributed by atoms with Gasteiger partial charge in [0.1, 0.15) is 5.75 Å². The van der Waals surface area contributed by atoms with E-state index in [1.807, 2.05) is 0 Å². The van der Waals surface area contributed by atoms with E-state index >= 15 is 0 Å². The summed E-state index contributed by atoms with van der Waals surface area (Å²) < 4.78 is 5.28. The van der Waals surface area contributed by atoms with E-state index in [9.17, 15) is 14.4 Å². The number of imide groups is 1. The summed E-state index contributed by atoms with van der Waals surface area (Å²) in [7, 11) is 1.50. The number of rotatable bonds is 11. The van der Waals surface area contributed by atoms with E-state index in [1.54, 1.807) is 36.4 Å². The highest BCUT2D eigenvalue weighted by Gasteiger charge is 2.34. The van der Waals surface area contributed by atoms with E-state index < -0.39 is 0 Å². The summed E-state index contributed by atoms with van der Waals surface area (Å²) in [6, 6.07) is 10.1. The molecule has 2 aromatic rings. The standard InChI is InChI=1S/C28H35ClN4O4/c1-37-25-17-24(30)23(29)16-22(25)26(34)31-18-19-10-14-32(15-11-19)12-6-2-3-7-13-33-27(35)20-8-4-5-9-21(20)28(33)36/h4-5,8-9,16-17,19H,2-3,6-7,10-15,18,30H2,1H3,(H,31,34). The number of carbonyl (C=O) groups excluding carboxylic acids is 3. The topological polar surface area (TPSA) is 105 Å². The van der Waals surface area contributed by atoms with Crippen LogP contribution in [0, 0.1) is 5.92 Å². The van der Waals surface area contributed by atoms with Gasteiger partial charge in [-0.1, -0.05) is 36.6 Å². The van der Waals surface area contributed by atoms with Crippen molar-refractivity contribution in [1.29, 1.82) is 0 Å². The lowest BCUT2D eigenvalue weighted by molar-refractivity contribution is 0.0651. The number of halogens is 1. The van der Waals surface area contributed by atoms with Crippen LogP contribution in [0.3, 0.4) is 0 Å². The van der Waals surface area contributed by atoms with Crippen LogP contribution >= 0.6 is 11.6 Å². The average Bonchev–Trinajstić information content (AvgIpc) is 3.16. The van der Waals surface area contributed by atoms with Crippen LogP contribution in [-0.2, 0) is 0 Å². The van der Waals surface area contributed by atoms with Gasteiger partial charge in [-0.15, -0.1) is 0 Å². The highest BCUT2D eigenvalue weighted by atomic mass is 35.5. The number of ether oxygens (including phenoxy) is 1. The molecule has 0 radical (unpaired) electrons. The Morgan fingerprint density at radius 2 is 1.65 bits per heavy atom. The minimum Gasteiger partial charge on any atom is -0.496 e. The fourth-order valence-electron chi connectivity index (χ4n) is 5.06. The van der Waals surface area contributed by atoms with Crippen molar-refractivity contribution in [2.24, 2.45) is 5.92 Å². The third-order valence-corrected chi connectivity index (χ3v) is 7.63. The van der Waals surface area contributed by atoms with Crippen LogP contribution in [0.2, 0.25) is 5.02 Å². The molecule has 4 rings (SSSR count). The van der Waals surface area contributed by atoms with Gasteiger partial charge >= 0.3 is 0 Å². The smallest absolute Gasteiger partial charge is 0.261 e. The van der Waals surface area contributed by atoms with Gasteiger partial charge in [-0.05, 0) is 69.4 Å². The molecule has 1 fully saturated rings. The van der Waals surface area contributed by atoms with Crippen molar-refractivity contribution in [3.63, 3.8) is 0 Å². The molecule has 0 saturated carbocycles. The molecule has 0 spiro atoms. The molecule has 2 aromatic carbocycles. The van der Waals surface area contributed by atoms with Gasteiger partial charge < -0.3 is 20.7 Å². The second kappa shape index (κ2) is 12.4. The summed E-state index contributed by atoms with van der Waals surface area (Å²) in [5.41, 5.74) is 7.61. The fraction of sp³-hybridized carbons (Fsp3) is 0.464. The number of anilines is 1. The number of hydrogen-bond donors (Lipinski definition) is 2. The summed E-state index contributed by atoms with van der Waals surface area (Å²) in [6.45, 7) is 4.19. The van der Waals surface area contributed by atoms with E-state index in [0.29, 0.717) is 52.2 Å². The van der Waals surface area contributed by atoms with Crippen molar-refractivity contribution in [3.05, 3.63) is 58.1 Å². The lowest BCUT2D eigenvalue weighted by Crippen LogP contribution is -2.39. The van der Waals surface area contributed by atoms with E-state index in [0.717, 1.165) is 58.2 Å². The van der Waals surface area contributed by atoms with Crippen LogP contribution in [0.4, 0.5) is 5.69 Å². The Kier molecular flexibility index (Phi) is 9.05. The van der Waals surface area contributed by atoms with Crippen molar-refractivity contribution >= 4 is 35.0 Å². The molecule has 0 unspecified atom stereocenters. The first kappa shape index (κ1) is 26.9. The van der Waals surface area contributed by atoms with Crippen molar-refractivity contribution in [2.75, 3.05) is 45.6 Å². The zero-order chi connectivity index (χ0) is 26.4. The summed E-state index contributed by atoms with van der Waals surface area (Å²) in [5.74, 6) is 0.308. The fourth-order valence-corrected chi connectivity index (χ4v) is 5.23. The summed E-state index contributed by atoms with van der Waals surface area (Å²) in [6.07, 6.45) is 6.08. The lowest BCUT2D eigenvalue weighted by Gasteiger charge is -2.32. The summed E-state index contributed by atoms with van der Waals surface area (Å²) in [5, 5.41) is 3.35. The van der Waals surface area contributed by atoms with Gasteiger partial charge in [-0.3, -0.25) is 19.3 Å². The molecule has 0 bridgehead atoms. The number of hydrogen-bond acceptors (Lipinski definition) is 6. The van der Waals surface area contributed by atoms with Gasteiger partial charge in [0, 0.05) is 19.2 Å². The molecule has 37 heavy (non-hydrogen) atoms. The minimum atomic E-state index is -0.206. The Morgan fingerprint density at radius 3 is 2.27 bits per heavy atom. The van der Waals surface area contributed by atoms with Gasteiger partial charge in [-0.25, -0.2) is 0 Å². The van der Waals surface area contributed by atoms with Crippen molar-refractivity contribution in [3.8, 4) is 5.75 Å². The van der Waals surface area contributed by atoms with Crippen LogP contribution < -0.4 is 15.8 Å². The number of piperidine rings is 1. The zero-order valence-corrected chi connectivity index (χ0v) is 22.1. The lowest BCUT2D eigenvalue weighted by atomic mass is 9.96.